The highest BCUT2D eigenvalue weighted by atomic mass is 16.1. The topological polar surface area (TPSA) is 20.3 Å². The molecule has 2 heteroatoms. The fourth-order valence-corrected chi connectivity index (χ4v) is 6.62. The average Bonchev–Trinajstić information content (AvgIpc) is 2.70. The van der Waals surface area contributed by atoms with Crippen molar-refractivity contribution in [1.29, 1.82) is 0 Å². The lowest BCUT2D eigenvalue weighted by molar-refractivity contribution is -0.115. The van der Waals surface area contributed by atoms with Gasteiger partial charge in [-0.1, -0.05) is 34.6 Å². The van der Waals surface area contributed by atoms with Crippen molar-refractivity contribution < 1.29 is 4.79 Å². The van der Waals surface area contributed by atoms with Gasteiger partial charge >= 0.3 is 0 Å². The first-order chi connectivity index (χ1) is 10.0. The highest BCUT2D eigenvalue weighted by molar-refractivity contribution is 6.01. The maximum atomic E-state index is 12.5. The highest BCUT2D eigenvalue weighted by Crippen LogP contribution is 2.68. The van der Waals surface area contributed by atoms with Gasteiger partial charge in [-0.15, -0.1) is 0 Å². The number of hydrogen-bond donors (Lipinski definition) is 0. The van der Waals surface area contributed by atoms with E-state index in [-0.39, 0.29) is 0 Å². The number of Topliss-reactive ketones (excluding diaryl/α,β-unsaturated/α-hetero) is 1. The van der Waals surface area contributed by atoms with Crippen molar-refractivity contribution in [3.8, 4) is 0 Å². The molecule has 3 saturated carbocycles. The van der Waals surface area contributed by atoms with E-state index in [2.05, 4.69) is 46.4 Å². The molecule has 4 rings (SSSR count). The third kappa shape index (κ3) is 1.88. The molecule has 0 spiro atoms. The third-order valence-electron chi connectivity index (χ3n) is 7.30. The highest BCUT2D eigenvalue weighted by Gasteiger charge is 2.66. The van der Waals surface area contributed by atoms with Gasteiger partial charge in [0.1, 0.15) is 0 Å². The molecule has 0 N–H and O–H groups in total. The van der Waals surface area contributed by atoms with E-state index in [0.717, 1.165) is 13.0 Å². The van der Waals surface area contributed by atoms with Crippen LogP contribution in [0.2, 0.25) is 0 Å². The van der Waals surface area contributed by atoms with Crippen LogP contribution in [-0.2, 0) is 4.79 Å². The number of rotatable bonds is 1. The molecule has 2 nitrogen and oxygen atoms in total. The summed E-state index contributed by atoms with van der Waals surface area (Å²) in [6.07, 6.45) is 4.71. The lowest BCUT2D eigenvalue weighted by atomic mass is 9.65. The molecule has 2 bridgehead atoms. The zero-order chi connectivity index (χ0) is 16.1. The Bertz CT molecular complexity index is 585. The summed E-state index contributed by atoms with van der Waals surface area (Å²) in [6, 6.07) is 0.648. The summed E-state index contributed by atoms with van der Waals surface area (Å²) in [5.74, 6) is 1.61. The van der Waals surface area contributed by atoms with E-state index >= 15 is 0 Å². The molecule has 3 aliphatic carbocycles. The summed E-state index contributed by atoms with van der Waals surface area (Å²) in [5.41, 5.74) is 3.77. The van der Waals surface area contributed by atoms with Crippen molar-refractivity contribution in [3.63, 3.8) is 0 Å². The van der Waals surface area contributed by atoms with Gasteiger partial charge in [0.25, 0.3) is 0 Å². The molecule has 0 aromatic carbocycles. The maximum Gasteiger partial charge on any atom is 0.161 e. The first-order valence-corrected chi connectivity index (χ1v) is 9.05. The molecule has 4 fully saturated rings. The second-order valence-corrected chi connectivity index (χ2v) is 10.4. The average molecular weight is 301 g/mol. The summed E-state index contributed by atoms with van der Waals surface area (Å²) in [4.78, 5) is 15.1. The number of nitrogens with zero attached hydrogens (tertiary/aromatic N) is 1. The van der Waals surface area contributed by atoms with Crippen molar-refractivity contribution in [2.45, 2.75) is 73.3 Å². The zero-order valence-electron chi connectivity index (χ0n) is 15.1. The Morgan fingerprint density at radius 2 is 1.82 bits per heavy atom. The fourth-order valence-electron chi connectivity index (χ4n) is 6.62. The number of carbonyl (C=O) groups is 1. The van der Waals surface area contributed by atoms with Gasteiger partial charge in [0.15, 0.2) is 5.78 Å². The van der Waals surface area contributed by atoms with Gasteiger partial charge in [-0.25, -0.2) is 0 Å². The number of ketones is 1. The van der Waals surface area contributed by atoms with E-state index < -0.39 is 0 Å². The lowest BCUT2D eigenvalue weighted by Crippen LogP contribution is -2.34. The van der Waals surface area contributed by atoms with Gasteiger partial charge in [-0.2, -0.15) is 0 Å². The van der Waals surface area contributed by atoms with E-state index in [1.807, 2.05) is 0 Å². The molecule has 0 radical (unpaired) electrons. The van der Waals surface area contributed by atoms with Crippen LogP contribution in [0, 0.1) is 28.1 Å². The van der Waals surface area contributed by atoms with Crippen LogP contribution < -0.4 is 0 Å². The Morgan fingerprint density at radius 1 is 1.14 bits per heavy atom. The SMILES string of the molecule is C/C(=C1/C(=O)C[C@@H]2[C@H]1C2(C)C)N1C[C@]2(C)C[C@H]1CC(C)(C)C2. The molecule has 22 heavy (non-hydrogen) atoms. The van der Waals surface area contributed by atoms with Gasteiger partial charge in [-0.3, -0.25) is 4.79 Å². The summed E-state index contributed by atoms with van der Waals surface area (Å²) < 4.78 is 0. The second kappa shape index (κ2) is 3.99. The Balaban J connectivity index is 1.68. The molecule has 122 valence electrons. The third-order valence-corrected chi connectivity index (χ3v) is 7.30. The minimum atomic E-state index is 0.364. The van der Waals surface area contributed by atoms with Crippen LogP contribution in [0.4, 0.5) is 0 Å². The Labute approximate surface area is 135 Å². The molecule has 0 unspecified atom stereocenters. The molecule has 0 aromatic rings. The van der Waals surface area contributed by atoms with Gasteiger partial charge < -0.3 is 4.90 Å². The van der Waals surface area contributed by atoms with Gasteiger partial charge in [-0.05, 0) is 54.3 Å². The van der Waals surface area contributed by atoms with Crippen LogP contribution >= 0.6 is 0 Å². The molecule has 4 aliphatic rings. The quantitative estimate of drug-likeness (QED) is 0.669. The van der Waals surface area contributed by atoms with E-state index in [0.29, 0.717) is 39.9 Å². The number of hydrogen-bond acceptors (Lipinski definition) is 2. The van der Waals surface area contributed by atoms with Crippen LogP contribution in [0.1, 0.15) is 67.2 Å². The van der Waals surface area contributed by atoms with Crippen molar-refractivity contribution in [1.82, 2.24) is 4.90 Å². The molecule has 0 aromatic heterocycles. The number of allylic oxidation sites excluding steroid dienone is 2. The molecule has 1 saturated heterocycles. The van der Waals surface area contributed by atoms with Crippen LogP contribution in [-0.4, -0.2) is 23.3 Å². The number of carbonyl (C=O) groups excluding carboxylic acids is 1. The first kappa shape index (κ1) is 14.8. The smallest absolute Gasteiger partial charge is 0.161 e. The standard InChI is InChI=1S/C20H31NO/c1-12(16-15(22)7-14-17(16)19(14,4)5)21-11-20(6)9-13(21)8-18(2,3)10-20/h13-14,17H,7-11H2,1-6H3/b16-12+/t13-,14-,17-,20-/m1/s1. The van der Waals surface area contributed by atoms with Gasteiger partial charge in [0.2, 0.25) is 0 Å². The summed E-state index contributed by atoms with van der Waals surface area (Å²) in [7, 11) is 0. The lowest BCUT2D eigenvalue weighted by Gasteiger charge is -2.39. The Morgan fingerprint density at radius 3 is 2.45 bits per heavy atom. The van der Waals surface area contributed by atoms with Crippen molar-refractivity contribution in [3.05, 3.63) is 11.3 Å². The summed E-state index contributed by atoms with van der Waals surface area (Å²) >= 11 is 0. The van der Waals surface area contributed by atoms with E-state index in [4.69, 9.17) is 0 Å². The minimum absolute atomic E-state index is 0.364. The van der Waals surface area contributed by atoms with Crippen LogP contribution in [0.15, 0.2) is 11.3 Å². The molecule has 1 aliphatic heterocycles. The van der Waals surface area contributed by atoms with E-state index in [1.165, 1.54) is 30.5 Å². The minimum Gasteiger partial charge on any atom is -0.371 e. The Hall–Kier alpha value is -0.790. The number of fused-ring (bicyclic) bond motifs is 3. The van der Waals surface area contributed by atoms with Crippen LogP contribution in [0.25, 0.3) is 0 Å². The second-order valence-electron chi connectivity index (χ2n) is 10.4. The Kier molecular flexibility index (Phi) is 2.68. The van der Waals surface area contributed by atoms with Crippen molar-refractivity contribution >= 4 is 5.78 Å². The monoisotopic (exact) mass is 301 g/mol. The normalized spacial score (nSPS) is 46.7. The zero-order valence-corrected chi connectivity index (χ0v) is 15.1. The van der Waals surface area contributed by atoms with Gasteiger partial charge in [0.05, 0.1) is 0 Å². The molecule has 1 heterocycles. The summed E-state index contributed by atoms with van der Waals surface area (Å²) in [6.45, 7) is 15.4. The van der Waals surface area contributed by atoms with Crippen molar-refractivity contribution in [2.75, 3.05) is 6.54 Å². The van der Waals surface area contributed by atoms with Crippen LogP contribution in [0.3, 0.4) is 0 Å². The first-order valence-electron chi connectivity index (χ1n) is 9.05. The van der Waals surface area contributed by atoms with Crippen molar-refractivity contribution in [2.24, 2.45) is 28.1 Å². The molecular formula is C20H31NO. The predicted molar refractivity (Wildman–Crippen MR) is 89.3 cm³/mol. The van der Waals surface area contributed by atoms with E-state index in [9.17, 15) is 4.79 Å². The molecule has 0 amide bonds. The van der Waals surface area contributed by atoms with Gasteiger partial charge in [0, 0.05) is 30.3 Å². The maximum absolute atomic E-state index is 12.5. The van der Waals surface area contributed by atoms with E-state index in [1.54, 1.807) is 0 Å². The predicted octanol–water partition coefficient (Wildman–Crippen LogP) is 4.41. The number of likely N-dealkylation sites (tertiary alicyclic amines) is 1. The molecular weight excluding hydrogens is 270 g/mol. The largest absolute Gasteiger partial charge is 0.371 e. The summed E-state index contributed by atoms with van der Waals surface area (Å²) in [5, 5.41) is 0. The molecule has 4 atom stereocenters. The van der Waals surface area contributed by atoms with Crippen LogP contribution in [0.5, 0.6) is 0 Å². The fraction of sp³-hybridized carbons (Fsp3) is 0.850.